The second kappa shape index (κ2) is 9.82. The van der Waals surface area contributed by atoms with Crippen LogP contribution in [-0.4, -0.2) is 36.6 Å². The first-order chi connectivity index (χ1) is 16.9. The van der Waals surface area contributed by atoms with Gasteiger partial charge in [-0.2, -0.15) is 0 Å². The molecular weight excluding hydrogens is 465 g/mol. The number of amides is 1. The zero-order valence-corrected chi connectivity index (χ0v) is 20.2. The molecule has 0 N–H and O–H groups in total. The van der Waals surface area contributed by atoms with E-state index in [0.29, 0.717) is 42.1 Å². The summed E-state index contributed by atoms with van der Waals surface area (Å²) >= 11 is 0. The number of halogens is 1. The molecule has 7 heteroatoms. The SMILES string of the molecule is O=C(CCc1cccc(Oc2ccc(F)cc2)c1)N1C2CCC1CC(S(=O)(=O)c1ccccc1)C2. The summed E-state index contributed by atoms with van der Waals surface area (Å²) in [5, 5.41) is -0.438. The summed E-state index contributed by atoms with van der Waals surface area (Å²) in [5.74, 6) is 0.941. The number of fused-ring (bicyclic) bond motifs is 2. The quantitative estimate of drug-likeness (QED) is 0.433. The molecule has 2 saturated heterocycles. The van der Waals surface area contributed by atoms with E-state index in [1.165, 1.54) is 12.1 Å². The Hall–Kier alpha value is -3.19. The Balaban J connectivity index is 1.20. The van der Waals surface area contributed by atoms with Crippen LogP contribution >= 0.6 is 0 Å². The number of hydrogen-bond acceptors (Lipinski definition) is 4. The lowest BCUT2D eigenvalue weighted by molar-refractivity contribution is -0.135. The molecule has 0 radical (unpaired) electrons. The fourth-order valence-electron chi connectivity index (χ4n) is 5.37. The van der Waals surface area contributed by atoms with Crippen LogP contribution in [0.3, 0.4) is 0 Å². The number of carbonyl (C=O) groups is 1. The van der Waals surface area contributed by atoms with Gasteiger partial charge in [-0.1, -0.05) is 30.3 Å². The summed E-state index contributed by atoms with van der Waals surface area (Å²) < 4.78 is 45.2. The molecule has 0 aliphatic carbocycles. The Bertz CT molecular complexity index is 1280. The van der Waals surface area contributed by atoms with E-state index in [4.69, 9.17) is 4.74 Å². The zero-order chi connectivity index (χ0) is 24.4. The van der Waals surface area contributed by atoms with Gasteiger partial charge in [-0.05, 0) is 86.2 Å². The van der Waals surface area contributed by atoms with Gasteiger partial charge < -0.3 is 9.64 Å². The van der Waals surface area contributed by atoms with Crippen molar-refractivity contribution in [2.45, 2.75) is 60.8 Å². The second-order valence-electron chi connectivity index (χ2n) is 9.34. The standard InChI is InChI=1S/C28H28FNO4S/c29-21-10-14-24(15-11-21)34-25-6-4-5-20(17-25)9-16-28(31)30-22-12-13-23(30)19-27(18-22)35(32,33)26-7-2-1-3-8-26/h1-8,10-11,14-15,17,22-23,27H,9,12-13,16,18-19H2. The lowest BCUT2D eigenvalue weighted by Gasteiger charge is -2.38. The van der Waals surface area contributed by atoms with Crippen molar-refractivity contribution in [3.8, 4) is 11.5 Å². The topological polar surface area (TPSA) is 63.7 Å². The van der Waals surface area contributed by atoms with Gasteiger partial charge in [0.05, 0.1) is 10.1 Å². The highest BCUT2D eigenvalue weighted by molar-refractivity contribution is 7.92. The summed E-state index contributed by atoms with van der Waals surface area (Å²) in [4.78, 5) is 15.5. The van der Waals surface area contributed by atoms with E-state index in [-0.39, 0.29) is 23.8 Å². The number of rotatable bonds is 7. The molecule has 2 aliphatic rings. The van der Waals surface area contributed by atoms with E-state index in [9.17, 15) is 17.6 Å². The number of carbonyl (C=O) groups excluding carboxylic acids is 1. The number of benzene rings is 3. The normalized spacial score (nSPS) is 21.6. The predicted molar refractivity (Wildman–Crippen MR) is 132 cm³/mol. The minimum Gasteiger partial charge on any atom is -0.457 e. The molecule has 1 amide bonds. The first-order valence-electron chi connectivity index (χ1n) is 12.0. The third kappa shape index (κ3) is 5.10. The van der Waals surface area contributed by atoms with Crippen molar-refractivity contribution < 1.29 is 22.3 Å². The highest BCUT2D eigenvalue weighted by Gasteiger charge is 2.46. The smallest absolute Gasteiger partial charge is 0.223 e. The van der Waals surface area contributed by atoms with Crippen LogP contribution < -0.4 is 4.74 Å². The van der Waals surface area contributed by atoms with Gasteiger partial charge in [0.25, 0.3) is 0 Å². The first-order valence-corrected chi connectivity index (χ1v) is 13.6. The van der Waals surface area contributed by atoms with Crippen LogP contribution in [0.1, 0.15) is 37.7 Å². The van der Waals surface area contributed by atoms with Crippen molar-refractivity contribution in [2.24, 2.45) is 0 Å². The summed E-state index contributed by atoms with van der Waals surface area (Å²) in [6.45, 7) is 0. The molecule has 5 nitrogen and oxygen atoms in total. The molecule has 182 valence electrons. The fourth-order valence-corrected chi connectivity index (χ4v) is 7.25. The summed E-state index contributed by atoms with van der Waals surface area (Å²) in [6, 6.07) is 22.0. The molecule has 2 heterocycles. The lowest BCUT2D eigenvalue weighted by atomic mass is 10.0. The van der Waals surface area contributed by atoms with Crippen LogP contribution in [0.4, 0.5) is 4.39 Å². The molecule has 2 fully saturated rings. The average molecular weight is 494 g/mol. The molecule has 3 aromatic carbocycles. The highest BCUT2D eigenvalue weighted by Crippen LogP contribution is 2.40. The third-order valence-corrected chi connectivity index (χ3v) is 9.26. The van der Waals surface area contributed by atoms with Crippen LogP contribution in [0.25, 0.3) is 0 Å². The van der Waals surface area contributed by atoms with Crippen molar-refractivity contribution in [1.29, 1.82) is 0 Å². The number of aryl methyl sites for hydroxylation is 1. The number of nitrogens with zero attached hydrogens (tertiary/aromatic N) is 1. The van der Waals surface area contributed by atoms with E-state index >= 15 is 0 Å². The van der Waals surface area contributed by atoms with E-state index < -0.39 is 15.1 Å². The Morgan fingerprint density at radius 3 is 2.26 bits per heavy atom. The van der Waals surface area contributed by atoms with Crippen molar-refractivity contribution >= 4 is 15.7 Å². The molecular formula is C28H28FNO4S. The predicted octanol–water partition coefficient (Wildman–Crippen LogP) is 5.55. The van der Waals surface area contributed by atoms with Crippen molar-refractivity contribution in [2.75, 3.05) is 0 Å². The first kappa shape index (κ1) is 23.5. The maximum Gasteiger partial charge on any atom is 0.223 e. The molecule has 2 atom stereocenters. The number of sulfone groups is 1. The van der Waals surface area contributed by atoms with Gasteiger partial charge in [0, 0.05) is 18.5 Å². The average Bonchev–Trinajstić information content (AvgIpc) is 3.13. The molecule has 0 saturated carbocycles. The second-order valence-corrected chi connectivity index (χ2v) is 11.6. The Morgan fingerprint density at radius 1 is 0.886 bits per heavy atom. The van der Waals surface area contributed by atoms with Crippen LogP contribution in [-0.2, 0) is 21.1 Å². The maximum atomic E-state index is 13.2. The maximum absolute atomic E-state index is 13.2. The van der Waals surface area contributed by atoms with Gasteiger partial charge >= 0.3 is 0 Å². The van der Waals surface area contributed by atoms with Gasteiger partial charge in [0.1, 0.15) is 17.3 Å². The van der Waals surface area contributed by atoms with Gasteiger partial charge in [0.2, 0.25) is 5.91 Å². The van der Waals surface area contributed by atoms with Crippen LogP contribution in [0, 0.1) is 5.82 Å². The van der Waals surface area contributed by atoms with Gasteiger partial charge in [-0.3, -0.25) is 4.79 Å². The van der Waals surface area contributed by atoms with E-state index in [1.807, 2.05) is 35.2 Å². The number of hydrogen-bond donors (Lipinski definition) is 0. The van der Waals surface area contributed by atoms with Gasteiger partial charge in [-0.15, -0.1) is 0 Å². The number of piperidine rings is 1. The molecule has 0 spiro atoms. The lowest BCUT2D eigenvalue weighted by Crippen LogP contribution is -2.49. The van der Waals surface area contributed by atoms with Crippen molar-refractivity contribution in [1.82, 2.24) is 4.90 Å². The van der Waals surface area contributed by atoms with E-state index in [2.05, 4.69) is 0 Å². The molecule has 3 aromatic rings. The monoisotopic (exact) mass is 493 g/mol. The van der Waals surface area contributed by atoms with Crippen LogP contribution in [0.2, 0.25) is 0 Å². The van der Waals surface area contributed by atoms with Gasteiger partial charge in [0.15, 0.2) is 9.84 Å². The molecule has 0 aromatic heterocycles. The van der Waals surface area contributed by atoms with Gasteiger partial charge in [-0.25, -0.2) is 12.8 Å². The summed E-state index contributed by atoms with van der Waals surface area (Å²) in [7, 11) is -3.40. The highest BCUT2D eigenvalue weighted by atomic mass is 32.2. The van der Waals surface area contributed by atoms with E-state index in [0.717, 1.165) is 18.4 Å². The van der Waals surface area contributed by atoms with Crippen LogP contribution in [0.15, 0.2) is 83.8 Å². The van der Waals surface area contributed by atoms with E-state index in [1.54, 1.807) is 36.4 Å². The Labute approximate surface area is 205 Å². The van der Waals surface area contributed by atoms with Crippen LogP contribution in [0.5, 0.6) is 11.5 Å². The molecule has 5 rings (SSSR count). The minimum absolute atomic E-state index is 0.0159. The fraction of sp³-hybridized carbons (Fsp3) is 0.321. The Kier molecular flexibility index (Phi) is 6.60. The Morgan fingerprint density at radius 2 is 1.57 bits per heavy atom. The summed E-state index contributed by atoms with van der Waals surface area (Å²) in [5.41, 5.74) is 0.979. The molecule has 35 heavy (non-hydrogen) atoms. The zero-order valence-electron chi connectivity index (χ0n) is 19.3. The number of ether oxygens (including phenoxy) is 1. The largest absolute Gasteiger partial charge is 0.457 e. The van der Waals surface area contributed by atoms with Crippen molar-refractivity contribution in [3.05, 3.63) is 90.2 Å². The summed E-state index contributed by atoms with van der Waals surface area (Å²) in [6.07, 6.45) is 3.65. The minimum atomic E-state index is -3.40. The molecule has 2 unspecified atom stereocenters. The van der Waals surface area contributed by atoms with Crippen molar-refractivity contribution in [3.63, 3.8) is 0 Å². The molecule has 2 aliphatic heterocycles. The third-order valence-electron chi connectivity index (χ3n) is 7.06. The molecule has 2 bridgehead atoms.